The fraction of sp³-hybridized carbons (Fsp3) is 0.750. The van der Waals surface area contributed by atoms with Crippen LogP contribution in [0.3, 0.4) is 0 Å². The van der Waals surface area contributed by atoms with Gasteiger partial charge in [0.2, 0.25) is 5.91 Å². The number of nitrogens with zero attached hydrogens (tertiary/aromatic N) is 2. The van der Waals surface area contributed by atoms with Crippen LogP contribution in [0.1, 0.15) is 46.0 Å². The van der Waals surface area contributed by atoms with E-state index in [4.69, 9.17) is 0 Å². The highest BCUT2D eigenvalue weighted by molar-refractivity contribution is 6.16. The number of aliphatic imine (C=N–C) groups is 1. The van der Waals surface area contributed by atoms with Crippen LogP contribution in [0, 0.1) is 11.3 Å². The molecule has 2 fully saturated rings. The van der Waals surface area contributed by atoms with Crippen molar-refractivity contribution >= 4 is 23.7 Å². The highest BCUT2D eigenvalue weighted by Crippen LogP contribution is 2.33. The van der Waals surface area contributed by atoms with E-state index in [-0.39, 0.29) is 22.9 Å². The van der Waals surface area contributed by atoms with E-state index in [2.05, 4.69) is 4.99 Å². The summed E-state index contributed by atoms with van der Waals surface area (Å²) >= 11 is 0. The predicted molar refractivity (Wildman–Crippen MR) is 80.3 cm³/mol. The van der Waals surface area contributed by atoms with E-state index >= 15 is 0 Å². The summed E-state index contributed by atoms with van der Waals surface area (Å²) in [6.07, 6.45) is 4.79. The largest absolute Gasteiger partial charge is 0.343 e. The molecule has 2 aliphatic rings. The van der Waals surface area contributed by atoms with Gasteiger partial charge in [-0.3, -0.25) is 19.4 Å². The molecule has 0 aromatic heterocycles. The van der Waals surface area contributed by atoms with E-state index in [0.717, 1.165) is 25.9 Å². The van der Waals surface area contributed by atoms with Crippen molar-refractivity contribution in [3.8, 4) is 0 Å². The van der Waals surface area contributed by atoms with Gasteiger partial charge in [0.1, 0.15) is 17.5 Å². The SMILES string of the molecule is CC1(C)CC(=O)C(C=NCCCN2CCCC2=O)C(=O)C1. The third-order valence-electron chi connectivity index (χ3n) is 4.14. The topological polar surface area (TPSA) is 66.8 Å². The number of rotatable bonds is 5. The van der Waals surface area contributed by atoms with Crippen LogP contribution < -0.4 is 0 Å². The molecule has 1 amide bonds. The van der Waals surface area contributed by atoms with Gasteiger partial charge in [0.05, 0.1) is 0 Å². The summed E-state index contributed by atoms with van der Waals surface area (Å²) in [5, 5.41) is 0. The lowest BCUT2D eigenvalue weighted by atomic mass is 9.72. The molecule has 2 rings (SSSR count). The first-order chi connectivity index (χ1) is 9.89. The Hall–Kier alpha value is -1.52. The maximum atomic E-state index is 12.0. The van der Waals surface area contributed by atoms with Crippen molar-refractivity contribution in [2.75, 3.05) is 19.6 Å². The van der Waals surface area contributed by atoms with E-state index in [1.807, 2.05) is 18.7 Å². The van der Waals surface area contributed by atoms with Crippen LogP contribution >= 0.6 is 0 Å². The van der Waals surface area contributed by atoms with Gasteiger partial charge < -0.3 is 4.90 Å². The normalized spacial score (nSPS) is 23.5. The van der Waals surface area contributed by atoms with Gasteiger partial charge in [-0.15, -0.1) is 0 Å². The third-order valence-corrected chi connectivity index (χ3v) is 4.14. The second kappa shape index (κ2) is 6.50. The summed E-state index contributed by atoms with van der Waals surface area (Å²) in [5.41, 5.74) is -0.214. The van der Waals surface area contributed by atoms with Crippen molar-refractivity contribution < 1.29 is 14.4 Å². The van der Waals surface area contributed by atoms with Crippen molar-refractivity contribution in [2.24, 2.45) is 16.3 Å². The van der Waals surface area contributed by atoms with Crippen LogP contribution in [0.25, 0.3) is 0 Å². The zero-order chi connectivity index (χ0) is 15.5. The summed E-state index contributed by atoms with van der Waals surface area (Å²) in [6.45, 7) is 6.02. The quantitative estimate of drug-likeness (QED) is 0.439. The Labute approximate surface area is 125 Å². The number of carbonyl (C=O) groups is 3. The second-order valence-electron chi connectivity index (χ2n) is 6.82. The van der Waals surface area contributed by atoms with Gasteiger partial charge in [0.15, 0.2) is 0 Å². The van der Waals surface area contributed by atoms with Crippen LogP contribution in [0.2, 0.25) is 0 Å². The van der Waals surface area contributed by atoms with Gasteiger partial charge in [-0.2, -0.15) is 0 Å². The van der Waals surface area contributed by atoms with Crippen LogP contribution in [-0.4, -0.2) is 48.2 Å². The fourth-order valence-corrected chi connectivity index (χ4v) is 3.04. The molecular weight excluding hydrogens is 268 g/mol. The maximum absolute atomic E-state index is 12.0. The predicted octanol–water partition coefficient (Wildman–Crippen LogP) is 1.64. The van der Waals surface area contributed by atoms with Crippen molar-refractivity contribution in [2.45, 2.75) is 46.0 Å². The molecular formula is C16H24N2O3. The van der Waals surface area contributed by atoms with Crippen LogP contribution in [-0.2, 0) is 14.4 Å². The van der Waals surface area contributed by atoms with E-state index in [1.54, 1.807) is 0 Å². The summed E-state index contributed by atoms with van der Waals surface area (Å²) in [5.74, 6) is -0.463. The molecule has 1 saturated heterocycles. The first-order valence-corrected chi connectivity index (χ1v) is 7.72. The van der Waals surface area contributed by atoms with Crippen molar-refractivity contribution in [3.05, 3.63) is 0 Å². The third kappa shape index (κ3) is 4.22. The molecule has 116 valence electrons. The zero-order valence-corrected chi connectivity index (χ0v) is 12.9. The zero-order valence-electron chi connectivity index (χ0n) is 12.9. The number of likely N-dealkylation sites (tertiary alicyclic amines) is 1. The Morgan fingerprint density at radius 3 is 2.48 bits per heavy atom. The lowest BCUT2D eigenvalue weighted by Gasteiger charge is -2.30. The van der Waals surface area contributed by atoms with Gasteiger partial charge in [0, 0.05) is 45.1 Å². The van der Waals surface area contributed by atoms with E-state index in [9.17, 15) is 14.4 Å². The molecule has 0 atom stereocenters. The summed E-state index contributed by atoms with van der Waals surface area (Å²) < 4.78 is 0. The molecule has 1 heterocycles. The Balaban J connectivity index is 1.75. The highest BCUT2D eigenvalue weighted by atomic mass is 16.2. The Kier molecular flexibility index (Phi) is 4.91. The molecule has 0 N–H and O–H groups in total. The highest BCUT2D eigenvalue weighted by Gasteiger charge is 2.38. The first-order valence-electron chi connectivity index (χ1n) is 7.72. The number of Topliss-reactive ketones (excluding diaryl/α,β-unsaturated/α-hetero) is 2. The minimum Gasteiger partial charge on any atom is -0.343 e. The number of carbonyl (C=O) groups excluding carboxylic acids is 3. The van der Waals surface area contributed by atoms with E-state index in [1.165, 1.54) is 6.21 Å². The Morgan fingerprint density at radius 2 is 1.90 bits per heavy atom. The monoisotopic (exact) mass is 292 g/mol. The molecule has 0 spiro atoms. The summed E-state index contributed by atoms with van der Waals surface area (Å²) in [6, 6.07) is 0. The molecule has 5 heteroatoms. The van der Waals surface area contributed by atoms with Crippen LogP contribution in [0.5, 0.6) is 0 Å². The molecule has 0 unspecified atom stereocenters. The minimum atomic E-state index is -0.647. The van der Waals surface area contributed by atoms with Crippen molar-refractivity contribution in [1.29, 1.82) is 0 Å². The maximum Gasteiger partial charge on any atom is 0.222 e. The molecule has 5 nitrogen and oxygen atoms in total. The molecule has 21 heavy (non-hydrogen) atoms. The van der Waals surface area contributed by atoms with Gasteiger partial charge in [0.25, 0.3) is 0 Å². The molecule has 1 aliphatic carbocycles. The van der Waals surface area contributed by atoms with Crippen molar-refractivity contribution in [3.63, 3.8) is 0 Å². The fourth-order valence-electron chi connectivity index (χ4n) is 3.04. The summed E-state index contributed by atoms with van der Waals surface area (Å²) in [7, 11) is 0. The standard InChI is InChI=1S/C16H24N2O3/c1-16(2)9-13(19)12(14(20)10-16)11-17-6-4-8-18-7-3-5-15(18)21/h11-12H,3-10H2,1-2H3. The smallest absolute Gasteiger partial charge is 0.222 e. The number of amides is 1. The molecule has 0 bridgehead atoms. The van der Waals surface area contributed by atoms with E-state index < -0.39 is 5.92 Å². The minimum absolute atomic E-state index is 0.0188. The Morgan fingerprint density at radius 1 is 1.24 bits per heavy atom. The molecule has 1 aliphatic heterocycles. The van der Waals surface area contributed by atoms with Crippen LogP contribution in [0.15, 0.2) is 4.99 Å². The summed E-state index contributed by atoms with van der Waals surface area (Å²) in [4.78, 5) is 41.5. The first kappa shape index (κ1) is 15.9. The lowest BCUT2D eigenvalue weighted by Crippen LogP contribution is -2.38. The lowest BCUT2D eigenvalue weighted by molar-refractivity contribution is -0.136. The Bertz CT molecular complexity index is 448. The number of ketones is 2. The van der Waals surface area contributed by atoms with E-state index in [0.29, 0.717) is 25.8 Å². The van der Waals surface area contributed by atoms with Gasteiger partial charge in [-0.25, -0.2) is 0 Å². The average molecular weight is 292 g/mol. The molecule has 1 saturated carbocycles. The average Bonchev–Trinajstić information content (AvgIpc) is 2.76. The second-order valence-corrected chi connectivity index (χ2v) is 6.82. The van der Waals surface area contributed by atoms with Crippen LogP contribution in [0.4, 0.5) is 0 Å². The number of hydrogen-bond donors (Lipinski definition) is 0. The molecule has 0 aromatic rings. The van der Waals surface area contributed by atoms with Crippen molar-refractivity contribution in [1.82, 2.24) is 4.90 Å². The number of hydrogen-bond acceptors (Lipinski definition) is 4. The van der Waals surface area contributed by atoms with Gasteiger partial charge >= 0.3 is 0 Å². The molecule has 0 radical (unpaired) electrons. The van der Waals surface area contributed by atoms with Gasteiger partial charge in [-0.05, 0) is 18.3 Å². The molecule has 0 aromatic carbocycles. The van der Waals surface area contributed by atoms with Gasteiger partial charge in [-0.1, -0.05) is 13.8 Å².